The molecule has 0 aliphatic rings. The molecule has 0 radical (unpaired) electrons. The molecule has 0 spiro atoms. The minimum atomic E-state index is -3.38. The Balaban J connectivity index is 2.16. The SMILES string of the molecule is CS(=O)(=O)c1ccc(-c2cc(C(F)F)nn2-c2ccc(F)c(CN)c2)cc1. The maximum atomic E-state index is 13.7. The zero-order chi connectivity index (χ0) is 19.8. The summed E-state index contributed by atoms with van der Waals surface area (Å²) in [5.41, 5.74) is 6.46. The maximum Gasteiger partial charge on any atom is 0.282 e. The van der Waals surface area contributed by atoms with Gasteiger partial charge in [-0.05, 0) is 36.4 Å². The fraction of sp³-hybridized carbons (Fsp3) is 0.167. The van der Waals surface area contributed by atoms with E-state index in [4.69, 9.17) is 5.73 Å². The van der Waals surface area contributed by atoms with Crippen LogP contribution < -0.4 is 5.73 Å². The second-order valence-corrected chi connectivity index (χ2v) is 7.96. The van der Waals surface area contributed by atoms with Crippen molar-refractivity contribution in [2.75, 3.05) is 6.26 Å². The van der Waals surface area contributed by atoms with Crippen LogP contribution in [0.3, 0.4) is 0 Å². The number of hydrogen-bond acceptors (Lipinski definition) is 4. The van der Waals surface area contributed by atoms with Gasteiger partial charge in [-0.15, -0.1) is 0 Å². The highest BCUT2D eigenvalue weighted by Gasteiger charge is 2.19. The minimum Gasteiger partial charge on any atom is -0.326 e. The number of nitrogens with zero attached hydrogens (tertiary/aromatic N) is 2. The first kappa shape index (κ1) is 19.1. The average molecular weight is 395 g/mol. The largest absolute Gasteiger partial charge is 0.326 e. The van der Waals surface area contributed by atoms with Crippen LogP contribution >= 0.6 is 0 Å². The van der Waals surface area contributed by atoms with Crippen LogP contribution in [0.1, 0.15) is 17.7 Å². The molecule has 0 aliphatic heterocycles. The van der Waals surface area contributed by atoms with Gasteiger partial charge in [0.05, 0.1) is 16.3 Å². The van der Waals surface area contributed by atoms with E-state index in [1.54, 1.807) is 0 Å². The molecule has 1 heterocycles. The normalized spacial score (nSPS) is 11.9. The molecule has 0 aliphatic carbocycles. The summed E-state index contributed by atoms with van der Waals surface area (Å²) < 4.78 is 64.5. The van der Waals surface area contributed by atoms with Gasteiger partial charge in [-0.25, -0.2) is 26.3 Å². The number of sulfone groups is 1. The Morgan fingerprint density at radius 1 is 1.11 bits per heavy atom. The van der Waals surface area contributed by atoms with Gasteiger partial charge in [0.15, 0.2) is 9.84 Å². The zero-order valence-corrected chi connectivity index (χ0v) is 15.1. The molecule has 2 N–H and O–H groups in total. The van der Waals surface area contributed by atoms with Crippen LogP contribution in [0, 0.1) is 5.82 Å². The summed E-state index contributed by atoms with van der Waals surface area (Å²) in [4.78, 5) is 0.110. The van der Waals surface area contributed by atoms with E-state index in [1.807, 2.05) is 0 Å². The van der Waals surface area contributed by atoms with E-state index in [9.17, 15) is 21.6 Å². The van der Waals surface area contributed by atoms with Crippen molar-refractivity contribution < 1.29 is 21.6 Å². The van der Waals surface area contributed by atoms with E-state index in [-0.39, 0.29) is 17.0 Å². The predicted octanol–water partition coefficient (Wildman–Crippen LogP) is 3.48. The highest BCUT2D eigenvalue weighted by atomic mass is 32.2. The third-order valence-corrected chi connectivity index (χ3v) is 5.15. The van der Waals surface area contributed by atoms with E-state index in [2.05, 4.69) is 5.10 Å². The molecule has 0 fully saturated rings. The summed E-state index contributed by atoms with van der Waals surface area (Å²) in [5, 5.41) is 3.92. The van der Waals surface area contributed by atoms with Gasteiger partial charge in [0, 0.05) is 23.9 Å². The molecular formula is C18H16F3N3O2S. The first-order valence-electron chi connectivity index (χ1n) is 7.88. The third kappa shape index (κ3) is 3.88. The van der Waals surface area contributed by atoms with Gasteiger partial charge < -0.3 is 5.73 Å². The topological polar surface area (TPSA) is 78.0 Å². The molecule has 0 atom stereocenters. The smallest absolute Gasteiger partial charge is 0.282 e. The van der Waals surface area contributed by atoms with Crippen molar-refractivity contribution in [2.45, 2.75) is 17.9 Å². The van der Waals surface area contributed by atoms with Crippen molar-refractivity contribution >= 4 is 9.84 Å². The van der Waals surface area contributed by atoms with Gasteiger partial charge in [-0.3, -0.25) is 0 Å². The lowest BCUT2D eigenvalue weighted by atomic mass is 10.1. The molecule has 27 heavy (non-hydrogen) atoms. The van der Waals surface area contributed by atoms with Gasteiger partial charge in [0.25, 0.3) is 6.43 Å². The Hall–Kier alpha value is -2.65. The third-order valence-electron chi connectivity index (χ3n) is 4.02. The van der Waals surface area contributed by atoms with Gasteiger partial charge in [-0.1, -0.05) is 12.1 Å². The van der Waals surface area contributed by atoms with E-state index in [0.717, 1.165) is 6.26 Å². The minimum absolute atomic E-state index is 0.0545. The molecule has 5 nitrogen and oxygen atoms in total. The van der Waals surface area contributed by atoms with Gasteiger partial charge in [0.1, 0.15) is 11.5 Å². The fourth-order valence-electron chi connectivity index (χ4n) is 2.63. The molecule has 9 heteroatoms. The van der Waals surface area contributed by atoms with Crippen LogP contribution in [0.25, 0.3) is 16.9 Å². The summed E-state index contributed by atoms with van der Waals surface area (Å²) >= 11 is 0. The van der Waals surface area contributed by atoms with Crippen LogP contribution in [-0.2, 0) is 16.4 Å². The summed E-state index contributed by atoms with van der Waals surface area (Å²) in [6.45, 7) is -0.0545. The maximum absolute atomic E-state index is 13.7. The van der Waals surface area contributed by atoms with E-state index in [1.165, 1.54) is 53.2 Å². The van der Waals surface area contributed by atoms with Crippen molar-refractivity contribution in [3.63, 3.8) is 0 Å². The Labute approximate surface area is 154 Å². The highest BCUT2D eigenvalue weighted by molar-refractivity contribution is 7.90. The molecule has 0 bridgehead atoms. The number of benzene rings is 2. The lowest BCUT2D eigenvalue weighted by Gasteiger charge is -2.10. The van der Waals surface area contributed by atoms with Crippen molar-refractivity contribution in [3.05, 3.63) is 65.6 Å². The number of aromatic nitrogens is 2. The Morgan fingerprint density at radius 3 is 2.33 bits per heavy atom. The number of rotatable bonds is 5. The standard InChI is InChI=1S/C18H16F3N3O2S/c1-27(25,26)14-5-2-11(3-6-14)17-9-16(18(20)21)23-24(17)13-4-7-15(19)12(8-13)10-22/h2-9,18H,10,22H2,1H3. The number of hydrogen-bond donors (Lipinski definition) is 1. The molecule has 3 rings (SSSR count). The predicted molar refractivity (Wildman–Crippen MR) is 94.9 cm³/mol. The first-order chi connectivity index (χ1) is 12.7. The second-order valence-electron chi connectivity index (χ2n) is 5.94. The fourth-order valence-corrected chi connectivity index (χ4v) is 3.26. The Bertz CT molecular complexity index is 1080. The van der Waals surface area contributed by atoms with Crippen molar-refractivity contribution in [1.82, 2.24) is 9.78 Å². The zero-order valence-electron chi connectivity index (χ0n) is 14.2. The van der Waals surface area contributed by atoms with Crippen molar-refractivity contribution in [3.8, 4) is 16.9 Å². The number of alkyl halides is 2. The summed E-state index contributed by atoms with van der Waals surface area (Å²) in [6, 6.07) is 11.0. The summed E-state index contributed by atoms with van der Waals surface area (Å²) in [5.74, 6) is -0.499. The molecule has 1 aromatic heterocycles. The van der Waals surface area contributed by atoms with Crippen LogP contribution in [0.2, 0.25) is 0 Å². The first-order valence-corrected chi connectivity index (χ1v) is 9.77. The van der Waals surface area contributed by atoms with Crippen LogP contribution in [0.4, 0.5) is 13.2 Å². The molecule has 0 unspecified atom stereocenters. The van der Waals surface area contributed by atoms with Crippen molar-refractivity contribution in [1.29, 1.82) is 0 Å². The average Bonchev–Trinajstić information content (AvgIpc) is 3.07. The second kappa shape index (κ2) is 7.16. The lowest BCUT2D eigenvalue weighted by molar-refractivity contribution is 0.145. The van der Waals surface area contributed by atoms with Gasteiger partial charge in [-0.2, -0.15) is 5.10 Å². The van der Waals surface area contributed by atoms with Crippen LogP contribution in [0.5, 0.6) is 0 Å². The van der Waals surface area contributed by atoms with E-state index < -0.39 is 27.8 Å². The molecule has 0 amide bonds. The molecular weight excluding hydrogens is 379 g/mol. The molecule has 3 aromatic rings. The molecule has 0 saturated carbocycles. The van der Waals surface area contributed by atoms with E-state index >= 15 is 0 Å². The van der Waals surface area contributed by atoms with Crippen LogP contribution in [-0.4, -0.2) is 24.5 Å². The summed E-state index contributed by atoms with van der Waals surface area (Å²) in [7, 11) is -3.38. The highest BCUT2D eigenvalue weighted by Crippen LogP contribution is 2.29. The number of halogens is 3. The van der Waals surface area contributed by atoms with Gasteiger partial charge >= 0.3 is 0 Å². The molecule has 0 saturated heterocycles. The molecule has 142 valence electrons. The Morgan fingerprint density at radius 2 is 1.78 bits per heavy atom. The lowest BCUT2D eigenvalue weighted by Crippen LogP contribution is -2.05. The van der Waals surface area contributed by atoms with E-state index in [0.29, 0.717) is 16.9 Å². The van der Waals surface area contributed by atoms with Crippen LogP contribution in [0.15, 0.2) is 53.4 Å². The van der Waals surface area contributed by atoms with Crippen molar-refractivity contribution in [2.24, 2.45) is 5.73 Å². The monoisotopic (exact) mass is 395 g/mol. The number of nitrogens with two attached hydrogens (primary N) is 1. The Kier molecular flexibility index (Phi) is 5.07. The van der Waals surface area contributed by atoms with Gasteiger partial charge in [0.2, 0.25) is 0 Å². The molecule has 2 aromatic carbocycles. The summed E-state index contributed by atoms with van der Waals surface area (Å²) in [6.07, 6.45) is -1.72. The quantitative estimate of drug-likeness (QED) is 0.718.